The summed E-state index contributed by atoms with van der Waals surface area (Å²) >= 11 is 0. The highest BCUT2D eigenvalue weighted by molar-refractivity contribution is 7.81. The first-order chi connectivity index (χ1) is 8.56. The van der Waals surface area contributed by atoms with E-state index in [2.05, 4.69) is 43.9 Å². The maximum atomic E-state index is 9.98. The van der Waals surface area contributed by atoms with Crippen molar-refractivity contribution < 1.29 is 56.9 Å². The molecule has 0 aliphatic rings. The summed E-state index contributed by atoms with van der Waals surface area (Å²) in [5, 5.41) is 18.7. The molecule has 0 rings (SSSR count). The second-order valence-electron chi connectivity index (χ2n) is 2.05. The molecule has 108 valence electrons. The maximum absolute atomic E-state index is 9.98. The van der Waals surface area contributed by atoms with E-state index in [1.165, 1.54) is 7.11 Å². The lowest BCUT2D eigenvalue weighted by Crippen LogP contribution is -2.04. The Kier molecular flexibility index (Phi) is 10.4. The zero-order valence-electron chi connectivity index (χ0n) is 8.92. The first kappa shape index (κ1) is 17.0. The minimum atomic E-state index is -4.60. The molecule has 0 heterocycles. The summed E-state index contributed by atoms with van der Waals surface area (Å²) in [5.41, 5.74) is 0. The predicted molar refractivity (Wildman–Crippen MR) is 46.1 cm³/mol. The molecule has 0 unspecified atom stereocenters. The van der Waals surface area contributed by atoms with Crippen LogP contribution in [0, 0.1) is 0 Å². The number of ether oxygens (including phenoxy) is 1. The van der Waals surface area contributed by atoms with Crippen LogP contribution in [0.4, 0.5) is 0 Å². The molecular formula is C5H10O12S. The van der Waals surface area contributed by atoms with E-state index >= 15 is 0 Å². The Balaban J connectivity index is 3.16. The van der Waals surface area contributed by atoms with Gasteiger partial charge in [0.05, 0.1) is 6.61 Å². The second kappa shape index (κ2) is 11.1. The summed E-state index contributed by atoms with van der Waals surface area (Å²) < 4.78 is 36.3. The van der Waals surface area contributed by atoms with Gasteiger partial charge in [0.15, 0.2) is 6.26 Å². The van der Waals surface area contributed by atoms with E-state index in [1.807, 2.05) is 0 Å². The summed E-state index contributed by atoms with van der Waals surface area (Å²) in [4.78, 5) is 8.23. The van der Waals surface area contributed by atoms with Crippen molar-refractivity contribution in [3.05, 3.63) is 12.5 Å². The summed E-state index contributed by atoms with van der Waals surface area (Å²) in [6.45, 7) is 0.343. The van der Waals surface area contributed by atoms with Crippen LogP contribution in [0.15, 0.2) is 12.5 Å². The summed E-state index contributed by atoms with van der Waals surface area (Å²) in [6.07, 6.45) is 0.983. The topological polar surface area (TPSA) is 137 Å². The number of hydrogen-bond donors (Lipinski definition) is 1. The van der Waals surface area contributed by atoms with Gasteiger partial charge in [-0.3, -0.25) is 4.55 Å². The number of rotatable bonds is 12. The van der Waals surface area contributed by atoms with Crippen LogP contribution in [0.2, 0.25) is 0 Å². The quantitative estimate of drug-likeness (QED) is 0.164. The molecule has 0 amide bonds. The molecule has 0 aliphatic heterocycles. The smallest absolute Gasteiger partial charge is 0.382 e. The van der Waals surface area contributed by atoms with E-state index in [9.17, 15) is 8.42 Å². The van der Waals surface area contributed by atoms with E-state index in [-0.39, 0.29) is 13.2 Å². The minimum absolute atomic E-state index is 0.0763. The van der Waals surface area contributed by atoms with Crippen molar-refractivity contribution in [2.75, 3.05) is 20.3 Å². The van der Waals surface area contributed by atoms with E-state index in [1.54, 1.807) is 0 Å². The molecule has 0 aromatic heterocycles. The first-order valence-corrected chi connectivity index (χ1v) is 5.34. The fourth-order valence-corrected chi connectivity index (χ4v) is 0.545. The Labute approximate surface area is 101 Å². The molecule has 0 aromatic rings. The molecule has 18 heavy (non-hydrogen) atoms. The lowest BCUT2D eigenvalue weighted by atomic mass is 10.8. The lowest BCUT2D eigenvalue weighted by Gasteiger charge is -1.99. The van der Waals surface area contributed by atoms with Gasteiger partial charge in [0.1, 0.15) is 12.9 Å². The molecular weight excluding hydrogens is 284 g/mol. The van der Waals surface area contributed by atoms with Crippen molar-refractivity contribution in [3.63, 3.8) is 0 Å². The molecule has 0 saturated heterocycles. The van der Waals surface area contributed by atoms with E-state index < -0.39 is 10.4 Å². The van der Waals surface area contributed by atoms with Crippen LogP contribution in [0.1, 0.15) is 0 Å². The number of hydrogen-bond acceptors (Lipinski definition) is 11. The highest BCUT2D eigenvalue weighted by atomic mass is 32.3. The van der Waals surface area contributed by atoms with Crippen molar-refractivity contribution in [1.82, 2.24) is 0 Å². The molecule has 0 atom stereocenters. The van der Waals surface area contributed by atoms with Crippen LogP contribution in [0.25, 0.3) is 0 Å². The van der Waals surface area contributed by atoms with Crippen molar-refractivity contribution in [2.45, 2.75) is 0 Å². The van der Waals surface area contributed by atoms with Crippen molar-refractivity contribution in [3.8, 4) is 0 Å². The largest absolute Gasteiger partial charge is 0.446 e. The van der Waals surface area contributed by atoms with Gasteiger partial charge < -0.3 is 13.8 Å². The Morgan fingerprint density at radius 1 is 1.00 bits per heavy atom. The fraction of sp³-hybridized carbons (Fsp3) is 0.600. The fourth-order valence-electron chi connectivity index (χ4n) is 0.359. The van der Waals surface area contributed by atoms with Crippen molar-refractivity contribution in [1.29, 1.82) is 0 Å². The van der Waals surface area contributed by atoms with E-state index in [0.717, 1.165) is 0 Å². The Morgan fingerprint density at radius 2 is 1.67 bits per heavy atom. The standard InChI is InChI=1S/C5H10O12S/c1-9-2-3-10-13-15-17-16-14-11-4-5-12-18(6,7)8/h4-5H,2-3H2,1H3,(H,6,7,8)/b5-4-. The normalized spacial score (nSPS) is 11.9. The highest BCUT2D eigenvalue weighted by Crippen LogP contribution is 1.91. The zero-order chi connectivity index (χ0) is 13.7. The van der Waals surface area contributed by atoms with Crippen LogP contribution in [0.5, 0.6) is 0 Å². The van der Waals surface area contributed by atoms with Crippen LogP contribution < -0.4 is 0 Å². The molecule has 0 spiro atoms. The number of methoxy groups -OCH3 is 1. The van der Waals surface area contributed by atoms with Gasteiger partial charge in [-0.25, -0.2) is 4.89 Å². The van der Waals surface area contributed by atoms with Gasteiger partial charge >= 0.3 is 10.4 Å². The van der Waals surface area contributed by atoms with Crippen LogP contribution in [-0.4, -0.2) is 33.3 Å². The van der Waals surface area contributed by atoms with Crippen LogP contribution in [0.3, 0.4) is 0 Å². The summed E-state index contributed by atoms with van der Waals surface area (Å²) in [7, 11) is -3.15. The van der Waals surface area contributed by atoms with Gasteiger partial charge in [0, 0.05) is 22.2 Å². The lowest BCUT2D eigenvalue weighted by molar-refractivity contribution is -0.786. The average Bonchev–Trinajstić information content (AvgIpc) is 2.29. The first-order valence-electron chi connectivity index (χ1n) is 3.97. The Morgan fingerprint density at radius 3 is 2.33 bits per heavy atom. The third-order valence-electron chi connectivity index (χ3n) is 0.858. The van der Waals surface area contributed by atoms with Crippen molar-refractivity contribution in [2.24, 2.45) is 0 Å². The van der Waals surface area contributed by atoms with Gasteiger partial charge in [-0.15, -0.1) is 0 Å². The Bertz CT molecular complexity index is 298. The van der Waals surface area contributed by atoms with Gasteiger partial charge in [-0.2, -0.15) is 8.42 Å². The summed E-state index contributed by atoms with van der Waals surface area (Å²) in [5.74, 6) is 0. The molecule has 0 aliphatic carbocycles. The van der Waals surface area contributed by atoms with Crippen LogP contribution >= 0.6 is 0 Å². The molecule has 0 saturated carbocycles. The molecule has 12 nitrogen and oxygen atoms in total. The van der Waals surface area contributed by atoms with Gasteiger partial charge in [-0.1, -0.05) is 0 Å². The maximum Gasteiger partial charge on any atom is 0.446 e. The third kappa shape index (κ3) is 15.0. The summed E-state index contributed by atoms with van der Waals surface area (Å²) in [6, 6.07) is 0. The third-order valence-corrected chi connectivity index (χ3v) is 1.21. The predicted octanol–water partition coefficient (Wildman–Crippen LogP) is -0.470. The zero-order valence-corrected chi connectivity index (χ0v) is 9.73. The van der Waals surface area contributed by atoms with E-state index in [4.69, 9.17) is 4.55 Å². The molecule has 0 bridgehead atoms. The van der Waals surface area contributed by atoms with Gasteiger partial charge in [0.25, 0.3) is 0 Å². The molecule has 0 fully saturated rings. The van der Waals surface area contributed by atoms with Crippen LogP contribution in [-0.2, 0) is 54.3 Å². The van der Waals surface area contributed by atoms with Gasteiger partial charge in [0.2, 0.25) is 0 Å². The van der Waals surface area contributed by atoms with E-state index in [0.29, 0.717) is 12.5 Å². The molecule has 13 heteroatoms. The van der Waals surface area contributed by atoms with Crippen molar-refractivity contribution >= 4 is 10.4 Å². The Hall–Kier alpha value is -1.03. The van der Waals surface area contributed by atoms with Gasteiger partial charge in [-0.05, 0) is 10.1 Å². The SMILES string of the molecule is COCCOOOOOOO/C=C\OS(=O)(=O)O. The molecule has 0 aromatic carbocycles. The molecule has 0 radical (unpaired) electrons. The highest BCUT2D eigenvalue weighted by Gasteiger charge is 1.99. The second-order valence-corrected chi connectivity index (χ2v) is 3.10. The monoisotopic (exact) mass is 294 g/mol. The average molecular weight is 294 g/mol. The minimum Gasteiger partial charge on any atom is -0.382 e. The molecule has 1 N–H and O–H groups in total.